The standard InChI is InChI=1S/C20H30N4O3/c25-18-3-1-2-17-16-10-14(12-24(17)18)11-23(13-16)20(27)22-8-6-21(7-9-22)19(26)15-4-5-15/h14-17H,1-13H2/t14-,16-,17-/m1/s1. The molecule has 27 heavy (non-hydrogen) atoms. The summed E-state index contributed by atoms with van der Waals surface area (Å²) in [5, 5.41) is 0. The number of fused-ring (bicyclic) bond motifs is 4. The van der Waals surface area contributed by atoms with Crippen molar-refractivity contribution in [2.24, 2.45) is 17.8 Å². The lowest BCUT2D eigenvalue weighted by Crippen LogP contribution is -2.63. The van der Waals surface area contributed by atoms with E-state index in [-0.39, 0.29) is 17.9 Å². The highest BCUT2D eigenvalue weighted by Gasteiger charge is 2.45. The molecular weight excluding hydrogens is 344 g/mol. The Morgan fingerprint density at radius 2 is 1.59 bits per heavy atom. The van der Waals surface area contributed by atoms with Crippen molar-refractivity contribution < 1.29 is 14.4 Å². The van der Waals surface area contributed by atoms with Crippen molar-refractivity contribution in [2.75, 3.05) is 45.8 Å². The highest BCUT2D eigenvalue weighted by Crippen LogP contribution is 2.38. The Morgan fingerprint density at radius 3 is 2.33 bits per heavy atom. The number of likely N-dealkylation sites (tertiary alicyclic amines) is 1. The molecule has 0 aromatic carbocycles. The van der Waals surface area contributed by atoms with Crippen LogP contribution in [0.2, 0.25) is 0 Å². The molecule has 0 spiro atoms. The van der Waals surface area contributed by atoms with Crippen LogP contribution in [0, 0.1) is 17.8 Å². The lowest BCUT2D eigenvalue weighted by Gasteiger charge is -2.53. The molecule has 5 fully saturated rings. The second-order valence-corrected chi connectivity index (χ2v) is 9.14. The second-order valence-electron chi connectivity index (χ2n) is 9.14. The third-order valence-electron chi connectivity index (χ3n) is 7.24. The van der Waals surface area contributed by atoms with Crippen LogP contribution in [0.15, 0.2) is 0 Å². The molecule has 148 valence electrons. The average molecular weight is 374 g/mol. The zero-order valence-corrected chi connectivity index (χ0v) is 16.0. The lowest BCUT2D eigenvalue weighted by molar-refractivity contribution is -0.144. The Labute approximate surface area is 160 Å². The van der Waals surface area contributed by atoms with Crippen molar-refractivity contribution >= 4 is 17.8 Å². The van der Waals surface area contributed by atoms with Crippen molar-refractivity contribution in [3.8, 4) is 0 Å². The minimum Gasteiger partial charge on any atom is -0.339 e. The highest BCUT2D eigenvalue weighted by molar-refractivity contribution is 5.81. The molecule has 0 aromatic heterocycles. The number of amides is 4. The van der Waals surface area contributed by atoms with Crippen LogP contribution in [0.5, 0.6) is 0 Å². The number of piperazine rings is 1. The van der Waals surface area contributed by atoms with Gasteiger partial charge >= 0.3 is 6.03 Å². The maximum atomic E-state index is 13.1. The third-order valence-corrected chi connectivity index (χ3v) is 7.24. The summed E-state index contributed by atoms with van der Waals surface area (Å²) in [6, 6.07) is 0.477. The first-order valence-corrected chi connectivity index (χ1v) is 10.7. The molecule has 3 atom stereocenters. The van der Waals surface area contributed by atoms with E-state index in [1.165, 1.54) is 0 Å². The summed E-state index contributed by atoms with van der Waals surface area (Å²) in [4.78, 5) is 45.6. The Balaban J connectivity index is 1.19. The molecule has 0 aromatic rings. The quantitative estimate of drug-likeness (QED) is 0.688. The van der Waals surface area contributed by atoms with E-state index in [1.54, 1.807) is 0 Å². The maximum absolute atomic E-state index is 13.1. The summed E-state index contributed by atoms with van der Waals surface area (Å²) in [7, 11) is 0. The van der Waals surface area contributed by atoms with Gasteiger partial charge in [0.1, 0.15) is 0 Å². The molecule has 0 unspecified atom stereocenters. The van der Waals surface area contributed by atoms with E-state index in [1.807, 2.05) is 14.7 Å². The van der Waals surface area contributed by atoms with Crippen molar-refractivity contribution in [1.82, 2.24) is 19.6 Å². The van der Waals surface area contributed by atoms with E-state index in [4.69, 9.17) is 0 Å². The fourth-order valence-corrected chi connectivity index (χ4v) is 5.67. The number of carbonyl (C=O) groups excluding carboxylic acids is 3. The number of rotatable bonds is 1. The Morgan fingerprint density at radius 1 is 0.852 bits per heavy atom. The van der Waals surface area contributed by atoms with Gasteiger partial charge < -0.3 is 19.6 Å². The summed E-state index contributed by atoms with van der Waals surface area (Å²) in [6.07, 6.45) is 6.01. The zero-order valence-electron chi connectivity index (χ0n) is 16.0. The molecule has 0 radical (unpaired) electrons. The van der Waals surface area contributed by atoms with Crippen LogP contribution in [0.3, 0.4) is 0 Å². The molecule has 5 aliphatic rings. The van der Waals surface area contributed by atoms with Crippen molar-refractivity contribution in [2.45, 2.75) is 44.6 Å². The van der Waals surface area contributed by atoms with Gasteiger partial charge in [-0.2, -0.15) is 0 Å². The SMILES string of the molecule is O=C(C1CC1)N1CCN(C(=O)N2C[C@H]3C[C@H](C2)[C@H]2CCCC(=O)N2C3)CC1. The van der Waals surface area contributed by atoms with Crippen LogP contribution in [-0.4, -0.2) is 89.3 Å². The summed E-state index contributed by atoms with van der Waals surface area (Å²) < 4.78 is 0. The van der Waals surface area contributed by atoms with Gasteiger partial charge in [-0.1, -0.05) is 0 Å². The molecule has 0 N–H and O–H groups in total. The molecule has 7 heteroatoms. The fraction of sp³-hybridized carbons (Fsp3) is 0.850. The molecule has 4 saturated heterocycles. The van der Waals surface area contributed by atoms with E-state index in [9.17, 15) is 14.4 Å². The van der Waals surface area contributed by atoms with Crippen LogP contribution in [-0.2, 0) is 9.59 Å². The summed E-state index contributed by atoms with van der Waals surface area (Å²) >= 11 is 0. The van der Waals surface area contributed by atoms with Gasteiger partial charge in [0, 0.05) is 64.2 Å². The first-order chi connectivity index (χ1) is 13.1. The van der Waals surface area contributed by atoms with Crippen LogP contribution in [0.4, 0.5) is 4.79 Å². The fourth-order valence-electron chi connectivity index (χ4n) is 5.67. The molecule has 7 nitrogen and oxygen atoms in total. The van der Waals surface area contributed by atoms with Gasteiger partial charge in [-0.15, -0.1) is 0 Å². The van der Waals surface area contributed by atoms with Crippen LogP contribution in [0.25, 0.3) is 0 Å². The number of urea groups is 1. The summed E-state index contributed by atoms with van der Waals surface area (Å²) in [5.74, 6) is 1.72. The molecular formula is C20H30N4O3. The minimum absolute atomic E-state index is 0.138. The van der Waals surface area contributed by atoms with Gasteiger partial charge in [-0.05, 0) is 43.9 Å². The molecule has 4 amide bonds. The lowest BCUT2D eigenvalue weighted by atomic mass is 9.76. The number of hydrogen-bond donors (Lipinski definition) is 0. The average Bonchev–Trinajstić information content (AvgIpc) is 3.53. The first-order valence-electron chi connectivity index (χ1n) is 10.7. The Kier molecular flexibility index (Phi) is 4.28. The van der Waals surface area contributed by atoms with Gasteiger partial charge in [-0.25, -0.2) is 4.79 Å². The van der Waals surface area contributed by atoms with E-state index in [0.717, 1.165) is 51.7 Å². The predicted molar refractivity (Wildman–Crippen MR) is 98.8 cm³/mol. The van der Waals surface area contributed by atoms with Gasteiger partial charge in [0.15, 0.2) is 0 Å². The van der Waals surface area contributed by atoms with E-state index in [0.29, 0.717) is 56.4 Å². The summed E-state index contributed by atoms with van der Waals surface area (Å²) in [6.45, 7) is 5.03. The van der Waals surface area contributed by atoms with Gasteiger partial charge in [0.05, 0.1) is 0 Å². The largest absolute Gasteiger partial charge is 0.339 e. The Bertz CT molecular complexity index is 641. The van der Waals surface area contributed by atoms with Gasteiger partial charge in [0.2, 0.25) is 11.8 Å². The number of hydrogen-bond acceptors (Lipinski definition) is 3. The van der Waals surface area contributed by atoms with Crippen molar-refractivity contribution in [3.63, 3.8) is 0 Å². The molecule has 1 aliphatic carbocycles. The highest BCUT2D eigenvalue weighted by atomic mass is 16.2. The van der Waals surface area contributed by atoms with Gasteiger partial charge in [-0.3, -0.25) is 9.59 Å². The monoisotopic (exact) mass is 374 g/mol. The molecule has 2 bridgehead atoms. The third kappa shape index (κ3) is 3.19. The predicted octanol–water partition coefficient (Wildman–Crippen LogP) is 0.993. The van der Waals surface area contributed by atoms with E-state index >= 15 is 0 Å². The molecule has 1 saturated carbocycles. The zero-order chi connectivity index (χ0) is 18.5. The minimum atomic E-state index is 0.138. The maximum Gasteiger partial charge on any atom is 0.320 e. The van der Waals surface area contributed by atoms with Crippen molar-refractivity contribution in [1.29, 1.82) is 0 Å². The van der Waals surface area contributed by atoms with Crippen LogP contribution in [0.1, 0.15) is 38.5 Å². The smallest absolute Gasteiger partial charge is 0.320 e. The number of nitrogens with zero attached hydrogens (tertiary/aromatic N) is 4. The van der Waals surface area contributed by atoms with Crippen LogP contribution >= 0.6 is 0 Å². The van der Waals surface area contributed by atoms with Crippen molar-refractivity contribution in [3.05, 3.63) is 0 Å². The van der Waals surface area contributed by atoms with E-state index in [2.05, 4.69) is 4.90 Å². The molecule has 4 heterocycles. The summed E-state index contributed by atoms with van der Waals surface area (Å²) in [5.41, 5.74) is 0. The number of piperidine rings is 3. The molecule has 4 aliphatic heterocycles. The first kappa shape index (κ1) is 17.3. The topological polar surface area (TPSA) is 64.2 Å². The second kappa shape index (κ2) is 6.67. The number of carbonyl (C=O) groups is 3. The molecule has 5 rings (SSSR count). The van der Waals surface area contributed by atoms with Gasteiger partial charge in [0.25, 0.3) is 0 Å². The normalized spacial score (nSPS) is 33.8. The van der Waals surface area contributed by atoms with E-state index < -0.39 is 0 Å². The Hall–Kier alpha value is -1.79. The van der Waals surface area contributed by atoms with Crippen LogP contribution < -0.4 is 0 Å².